The van der Waals surface area contributed by atoms with E-state index in [4.69, 9.17) is 9.72 Å². The number of carbonyl (C=O) groups excluding carboxylic acids is 1. The number of amides is 1. The van der Waals surface area contributed by atoms with Crippen LogP contribution in [0.25, 0.3) is 11.0 Å². The number of fused-ring (bicyclic) bond motifs is 1. The number of aromatic nitrogens is 2. The fourth-order valence-corrected chi connectivity index (χ4v) is 3.22. The number of ether oxygens (including phenoxy) is 1. The summed E-state index contributed by atoms with van der Waals surface area (Å²) in [4.78, 5) is 22.0. The molecule has 0 spiro atoms. The summed E-state index contributed by atoms with van der Waals surface area (Å²) in [5.74, 6) is 1.38. The van der Waals surface area contributed by atoms with Crippen LogP contribution in [0.15, 0.2) is 22.7 Å². The van der Waals surface area contributed by atoms with Gasteiger partial charge in [-0.3, -0.25) is 0 Å². The van der Waals surface area contributed by atoms with Crippen LogP contribution in [0, 0.1) is 0 Å². The highest BCUT2D eigenvalue weighted by Gasteiger charge is 2.28. The maximum Gasteiger partial charge on any atom is 0.410 e. The molecule has 0 unspecified atom stereocenters. The predicted octanol–water partition coefficient (Wildman–Crippen LogP) is 4.44. The van der Waals surface area contributed by atoms with E-state index in [1.54, 1.807) is 4.90 Å². The topological polar surface area (TPSA) is 58.2 Å². The van der Waals surface area contributed by atoms with E-state index < -0.39 is 5.60 Å². The molecule has 3 rings (SSSR count). The van der Waals surface area contributed by atoms with Crippen LogP contribution < -0.4 is 0 Å². The lowest BCUT2D eigenvalue weighted by atomic mass is 9.96. The minimum atomic E-state index is -0.444. The lowest BCUT2D eigenvalue weighted by molar-refractivity contribution is 0.0203. The second kappa shape index (κ2) is 6.15. The quantitative estimate of drug-likeness (QED) is 0.796. The van der Waals surface area contributed by atoms with Crippen molar-refractivity contribution in [1.82, 2.24) is 14.9 Å². The Balaban J connectivity index is 1.65. The SMILES string of the molecule is CC(C)(C)OC(=O)N1CCC(c2nc3ccc(Br)cc3[nH]2)CC1. The van der Waals surface area contributed by atoms with Crippen molar-refractivity contribution in [3.8, 4) is 0 Å². The van der Waals surface area contributed by atoms with E-state index in [1.165, 1.54) is 0 Å². The van der Waals surface area contributed by atoms with Crippen LogP contribution in [-0.2, 0) is 4.74 Å². The van der Waals surface area contributed by atoms with Gasteiger partial charge < -0.3 is 14.6 Å². The predicted molar refractivity (Wildman–Crippen MR) is 93.6 cm³/mol. The molecule has 6 heteroatoms. The molecular weight excluding hydrogens is 358 g/mol. The minimum absolute atomic E-state index is 0.218. The fraction of sp³-hybridized carbons (Fsp3) is 0.529. The molecule has 1 aliphatic rings. The number of likely N-dealkylation sites (tertiary alicyclic amines) is 1. The van der Waals surface area contributed by atoms with Gasteiger partial charge in [0.15, 0.2) is 0 Å². The van der Waals surface area contributed by atoms with E-state index >= 15 is 0 Å². The average molecular weight is 380 g/mol. The summed E-state index contributed by atoms with van der Waals surface area (Å²) in [5.41, 5.74) is 1.58. The second-order valence-corrected chi connectivity index (χ2v) is 7.94. The van der Waals surface area contributed by atoms with Crippen LogP contribution in [0.4, 0.5) is 4.79 Å². The summed E-state index contributed by atoms with van der Waals surface area (Å²) in [6.07, 6.45) is 1.59. The smallest absolute Gasteiger partial charge is 0.410 e. The van der Waals surface area contributed by atoms with Gasteiger partial charge in [-0.15, -0.1) is 0 Å². The zero-order chi connectivity index (χ0) is 16.6. The molecule has 1 N–H and O–H groups in total. The number of piperidine rings is 1. The van der Waals surface area contributed by atoms with Crippen molar-refractivity contribution in [2.75, 3.05) is 13.1 Å². The highest BCUT2D eigenvalue weighted by Crippen LogP contribution is 2.29. The monoisotopic (exact) mass is 379 g/mol. The second-order valence-electron chi connectivity index (χ2n) is 7.03. The number of benzene rings is 1. The van der Waals surface area contributed by atoms with E-state index in [2.05, 4.69) is 20.9 Å². The number of imidazole rings is 1. The van der Waals surface area contributed by atoms with Crippen LogP contribution in [0.2, 0.25) is 0 Å². The van der Waals surface area contributed by atoms with Crippen molar-refractivity contribution in [2.45, 2.75) is 45.1 Å². The molecule has 1 saturated heterocycles. The van der Waals surface area contributed by atoms with Crippen LogP contribution in [-0.4, -0.2) is 39.7 Å². The van der Waals surface area contributed by atoms with Crippen molar-refractivity contribution in [3.05, 3.63) is 28.5 Å². The first kappa shape index (κ1) is 16.3. The first-order valence-electron chi connectivity index (χ1n) is 7.95. The summed E-state index contributed by atoms with van der Waals surface area (Å²) in [6, 6.07) is 6.05. The number of nitrogens with zero attached hydrogens (tertiary/aromatic N) is 2. The third-order valence-electron chi connectivity index (χ3n) is 4.00. The Morgan fingerprint density at radius 3 is 2.70 bits per heavy atom. The van der Waals surface area contributed by atoms with Crippen molar-refractivity contribution in [3.63, 3.8) is 0 Å². The Hall–Kier alpha value is -1.56. The number of halogens is 1. The van der Waals surface area contributed by atoms with Crippen molar-refractivity contribution in [1.29, 1.82) is 0 Å². The van der Waals surface area contributed by atoms with Crippen LogP contribution in [0.1, 0.15) is 45.4 Å². The van der Waals surface area contributed by atoms with E-state index in [0.717, 1.165) is 34.2 Å². The molecule has 0 bridgehead atoms. The molecule has 1 aromatic heterocycles. The van der Waals surface area contributed by atoms with Gasteiger partial charge in [0.1, 0.15) is 11.4 Å². The lowest BCUT2D eigenvalue weighted by Gasteiger charge is -2.32. The molecule has 0 atom stereocenters. The van der Waals surface area contributed by atoms with Gasteiger partial charge in [0.05, 0.1) is 11.0 Å². The summed E-state index contributed by atoms with van der Waals surface area (Å²) < 4.78 is 6.48. The molecular formula is C17H22BrN3O2. The highest BCUT2D eigenvalue weighted by atomic mass is 79.9. The third kappa shape index (κ3) is 3.86. The standard InChI is InChI=1S/C17H22BrN3O2/c1-17(2,3)23-16(22)21-8-6-11(7-9-21)15-19-13-5-4-12(18)10-14(13)20-15/h4-5,10-11H,6-9H2,1-3H3,(H,19,20). The number of hydrogen-bond donors (Lipinski definition) is 1. The molecule has 2 aromatic rings. The molecule has 1 amide bonds. The van der Waals surface area contributed by atoms with Gasteiger partial charge in [-0.1, -0.05) is 15.9 Å². The largest absolute Gasteiger partial charge is 0.444 e. The molecule has 5 nitrogen and oxygen atoms in total. The van der Waals surface area contributed by atoms with Gasteiger partial charge >= 0.3 is 6.09 Å². The number of nitrogens with one attached hydrogen (secondary N) is 1. The molecule has 124 valence electrons. The maximum absolute atomic E-state index is 12.1. The number of carbonyl (C=O) groups is 1. The van der Waals surface area contributed by atoms with Gasteiger partial charge in [0.2, 0.25) is 0 Å². The average Bonchev–Trinajstić information content (AvgIpc) is 2.88. The number of aromatic amines is 1. The van der Waals surface area contributed by atoms with Crippen LogP contribution >= 0.6 is 15.9 Å². The Morgan fingerprint density at radius 1 is 1.35 bits per heavy atom. The Bertz CT molecular complexity index is 712. The van der Waals surface area contributed by atoms with E-state index in [0.29, 0.717) is 19.0 Å². The van der Waals surface area contributed by atoms with Crippen molar-refractivity contribution >= 4 is 33.1 Å². The van der Waals surface area contributed by atoms with Gasteiger partial charge in [-0.2, -0.15) is 0 Å². The number of H-pyrrole nitrogens is 1. The molecule has 0 radical (unpaired) electrons. The highest BCUT2D eigenvalue weighted by molar-refractivity contribution is 9.10. The zero-order valence-corrected chi connectivity index (χ0v) is 15.3. The van der Waals surface area contributed by atoms with Crippen LogP contribution in [0.5, 0.6) is 0 Å². The molecule has 2 heterocycles. The Labute approximate surface area is 144 Å². The van der Waals surface area contributed by atoms with Gasteiger partial charge in [-0.25, -0.2) is 9.78 Å². The summed E-state index contributed by atoms with van der Waals surface area (Å²) in [7, 11) is 0. The van der Waals surface area contributed by atoms with E-state index in [1.807, 2.05) is 39.0 Å². The van der Waals surface area contributed by atoms with E-state index in [9.17, 15) is 4.79 Å². The molecule has 1 aliphatic heterocycles. The molecule has 1 aromatic carbocycles. The maximum atomic E-state index is 12.1. The Kier molecular flexibility index (Phi) is 4.36. The number of rotatable bonds is 1. The molecule has 1 fully saturated rings. The zero-order valence-electron chi connectivity index (χ0n) is 13.7. The van der Waals surface area contributed by atoms with E-state index in [-0.39, 0.29) is 6.09 Å². The van der Waals surface area contributed by atoms with Crippen molar-refractivity contribution < 1.29 is 9.53 Å². The number of hydrogen-bond acceptors (Lipinski definition) is 3. The van der Waals surface area contributed by atoms with Gasteiger partial charge in [-0.05, 0) is 51.8 Å². The molecule has 23 heavy (non-hydrogen) atoms. The van der Waals surface area contributed by atoms with Crippen molar-refractivity contribution in [2.24, 2.45) is 0 Å². The normalized spacial score (nSPS) is 16.8. The third-order valence-corrected chi connectivity index (χ3v) is 4.49. The Morgan fingerprint density at radius 2 is 2.04 bits per heavy atom. The first-order valence-corrected chi connectivity index (χ1v) is 8.74. The molecule has 0 saturated carbocycles. The summed E-state index contributed by atoms with van der Waals surface area (Å²) >= 11 is 3.48. The van der Waals surface area contributed by atoms with Crippen LogP contribution in [0.3, 0.4) is 0 Å². The lowest BCUT2D eigenvalue weighted by Crippen LogP contribution is -2.41. The minimum Gasteiger partial charge on any atom is -0.444 e. The molecule has 0 aliphatic carbocycles. The summed E-state index contributed by atoms with van der Waals surface area (Å²) in [6.45, 7) is 7.10. The summed E-state index contributed by atoms with van der Waals surface area (Å²) in [5, 5.41) is 0. The fourth-order valence-electron chi connectivity index (χ4n) is 2.86. The van der Waals surface area contributed by atoms with Gasteiger partial charge in [0, 0.05) is 23.5 Å². The first-order chi connectivity index (χ1) is 10.8. The van der Waals surface area contributed by atoms with Gasteiger partial charge in [0.25, 0.3) is 0 Å².